The average molecular weight is 339 g/mol. The second kappa shape index (κ2) is 8.42. The van der Waals surface area contributed by atoms with Gasteiger partial charge >= 0.3 is 5.97 Å². The van der Waals surface area contributed by atoms with Crippen LogP contribution < -0.4 is 19.5 Å². The molecule has 0 radical (unpaired) electrons. The molecule has 1 aromatic rings. The van der Waals surface area contributed by atoms with Crippen molar-refractivity contribution in [3.05, 3.63) is 17.7 Å². The third kappa shape index (κ3) is 5.64. The first-order valence-electron chi connectivity index (χ1n) is 7.49. The Kier molecular flexibility index (Phi) is 6.88. The molecule has 0 spiro atoms. The summed E-state index contributed by atoms with van der Waals surface area (Å²) in [5.41, 5.74) is 0.180. The topological polar surface area (TPSA) is 94.1 Å². The van der Waals surface area contributed by atoms with Crippen molar-refractivity contribution >= 4 is 11.9 Å². The van der Waals surface area contributed by atoms with Crippen molar-refractivity contribution in [1.29, 1.82) is 0 Å². The Bertz CT molecular complexity index is 572. The summed E-state index contributed by atoms with van der Waals surface area (Å²) < 4.78 is 15.8. The highest BCUT2D eigenvalue weighted by atomic mass is 16.5. The largest absolute Gasteiger partial charge is 0.493 e. The van der Waals surface area contributed by atoms with E-state index in [9.17, 15) is 9.59 Å². The molecule has 0 aliphatic heterocycles. The summed E-state index contributed by atoms with van der Waals surface area (Å²) in [5.74, 6) is 0.365. The van der Waals surface area contributed by atoms with Gasteiger partial charge in [-0.15, -0.1) is 0 Å². The van der Waals surface area contributed by atoms with Gasteiger partial charge in [0.2, 0.25) is 11.7 Å². The van der Waals surface area contributed by atoms with Crippen molar-refractivity contribution < 1.29 is 28.9 Å². The van der Waals surface area contributed by atoms with Crippen LogP contribution in [0.1, 0.15) is 32.3 Å². The first kappa shape index (κ1) is 19.6. The molecule has 7 nitrogen and oxygen atoms in total. The molecule has 0 atom stereocenters. The van der Waals surface area contributed by atoms with Gasteiger partial charge in [-0.1, -0.05) is 13.8 Å². The molecule has 0 aliphatic rings. The van der Waals surface area contributed by atoms with Crippen LogP contribution >= 0.6 is 0 Å². The lowest BCUT2D eigenvalue weighted by atomic mass is 9.85. The molecular formula is C17H25NO6. The fourth-order valence-corrected chi connectivity index (χ4v) is 2.41. The maximum absolute atomic E-state index is 12.1. The molecule has 134 valence electrons. The molecule has 0 heterocycles. The molecule has 0 bridgehead atoms. The maximum atomic E-state index is 12.1. The number of aliphatic carboxylic acids is 1. The summed E-state index contributed by atoms with van der Waals surface area (Å²) in [5, 5.41) is 11.6. The lowest BCUT2D eigenvalue weighted by Gasteiger charge is -2.21. The van der Waals surface area contributed by atoms with Crippen molar-refractivity contribution in [2.75, 3.05) is 21.3 Å². The zero-order valence-corrected chi connectivity index (χ0v) is 14.8. The summed E-state index contributed by atoms with van der Waals surface area (Å²) in [7, 11) is 4.56. The summed E-state index contributed by atoms with van der Waals surface area (Å²) in [6.07, 6.45) is 0.0638. The molecule has 2 N–H and O–H groups in total. The molecule has 0 aliphatic carbocycles. The number of carbonyl (C=O) groups excluding carboxylic acids is 1. The molecule has 24 heavy (non-hydrogen) atoms. The van der Waals surface area contributed by atoms with Gasteiger partial charge in [0.25, 0.3) is 0 Å². The highest BCUT2D eigenvalue weighted by Gasteiger charge is 2.25. The van der Waals surface area contributed by atoms with Crippen LogP contribution in [0.4, 0.5) is 0 Å². The SMILES string of the molecule is COc1cc(CNC(=O)CC(C)(C)CC(=O)O)cc(OC)c1OC. The summed E-state index contributed by atoms with van der Waals surface area (Å²) in [4.78, 5) is 22.9. The smallest absolute Gasteiger partial charge is 0.303 e. The molecule has 1 aromatic carbocycles. The van der Waals surface area contributed by atoms with Gasteiger partial charge in [-0.2, -0.15) is 0 Å². The van der Waals surface area contributed by atoms with Crippen molar-refractivity contribution in [3.63, 3.8) is 0 Å². The monoisotopic (exact) mass is 339 g/mol. The van der Waals surface area contributed by atoms with Crippen molar-refractivity contribution in [3.8, 4) is 17.2 Å². The van der Waals surface area contributed by atoms with Crippen molar-refractivity contribution in [2.45, 2.75) is 33.2 Å². The molecule has 1 amide bonds. The molecule has 0 saturated carbocycles. The number of carboxylic acids is 1. The number of methoxy groups -OCH3 is 3. The quantitative estimate of drug-likeness (QED) is 0.716. The zero-order chi connectivity index (χ0) is 18.3. The molecule has 7 heteroatoms. The maximum Gasteiger partial charge on any atom is 0.303 e. The number of ether oxygens (including phenoxy) is 3. The van der Waals surface area contributed by atoms with Crippen LogP contribution in [-0.4, -0.2) is 38.3 Å². The Hall–Kier alpha value is -2.44. The van der Waals surface area contributed by atoms with Crippen LogP contribution in [0, 0.1) is 5.41 Å². The van der Waals surface area contributed by atoms with Gasteiger partial charge in [0, 0.05) is 13.0 Å². The van der Waals surface area contributed by atoms with E-state index in [0.29, 0.717) is 17.2 Å². The first-order valence-corrected chi connectivity index (χ1v) is 7.49. The van der Waals surface area contributed by atoms with Gasteiger partial charge < -0.3 is 24.6 Å². The van der Waals surface area contributed by atoms with E-state index in [0.717, 1.165) is 5.56 Å². The van der Waals surface area contributed by atoms with Gasteiger partial charge in [0.15, 0.2) is 11.5 Å². The second-order valence-electron chi connectivity index (χ2n) is 6.22. The summed E-state index contributed by atoms with van der Waals surface area (Å²) >= 11 is 0. The van der Waals surface area contributed by atoms with Crippen LogP contribution in [-0.2, 0) is 16.1 Å². The molecule has 0 aromatic heterocycles. The second-order valence-corrected chi connectivity index (χ2v) is 6.22. The minimum Gasteiger partial charge on any atom is -0.493 e. The predicted octanol–water partition coefficient (Wildman–Crippen LogP) is 2.22. The number of carboxylic acid groups (broad SMARTS) is 1. The Morgan fingerprint density at radius 1 is 1.04 bits per heavy atom. The van der Waals surface area contributed by atoms with Gasteiger partial charge in [0.1, 0.15) is 0 Å². The lowest BCUT2D eigenvalue weighted by Crippen LogP contribution is -2.29. The standard InChI is InChI=1S/C17H25NO6/c1-17(2,9-15(20)21)8-14(19)18-10-11-6-12(22-3)16(24-5)13(7-11)23-4/h6-7H,8-10H2,1-5H3,(H,18,19)(H,20,21). The highest BCUT2D eigenvalue weighted by molar-refractivity contribution is 5.78. The normalized spacial score (nSPS) is 10.9. The number of nitrogens with one attached hydrogen (secondary N) is 1. The van der Waals surface area contributed by atoms with Gasteiger partial charge in [-0.3, -0.25) is 9.59 Å². The number of amides is 1. The molecule has 0 saturated heterocycles. The van der Waals surface area contributed by atoms with Gasteiger partial charge in [-0.25, -0.2) is 0 Å². The third-order valence-electron chi connectivity index (χ3n) is 3.48. The van der Waals surface area contributed by atoms with Crippen molar-refractivity contribution in [1.82, 2.24) is 5.32 Å². The van der Waals surface area contributed by atoms with Crippen LogP contribution in [0.5, 0.6) is 17.2 Å². The van der Waals surface area contributed by atoms with E-state index in [4.69, 9.17) is 19.3 Å². The number of rotatable bonds is 9. The highest BCUT2D eigenvalue weighted by Crippen LogP contribution is 2.38. The van der Waals surface area contributed by atoms with E-state index in [2.05, 4.69) is 5.32 Å². The number of carbonyl (C=O) groups is 2. The Morgan fingerprint density at radius 3 is 2.00 bits per heavy atom. The average Bonchev–Trinajstić information content (AvgIpc) is 2.49. The molecule has 0 unspecified atom stereocenters. The van der Waals surface area contributed by atoms with Gasteiger partial charge in [0.05, 0.1) is 27.8 Å². The van der Waals surface area contributed by atoms with Crippen LogP contribution in [0.3, 0.4) is 0 Å². The van der Waals surface area contributed by atoms with E-state index in [1.54, 1.807) is 26.0 Å². The Morgan fingerprint density at radius 2 is 1.58 bits per heavy atom. The lowest BCUT2D eigenvalue weighted by molar-refractivity contribution is -0.139. The minimum atomic E-state index is -0.919. The predicted molar refractivity (Wildman–Crippen MR) is 88.6 cm³/mol. The van der Waals surface area contributed by atoms with E-state index >= 15 is 0 Å². The van der Waals surface area contributed by atoms with Crippen LogP contribution in [0.25, 0.3) is 0 Å². The zero-order valence-electron chi connectivity index (χ0n) is 14.8. The van der Waals surface area contributed by atoms with E-state index in [-0.39, 0.29) is 25.3 Å². The fourth-order valence-electron chi connectivity index (χ4n) is 2.41. The molecule has 0 fully saturated rings. The van der Waals surface area contributed by atoms with E-state index in [1.165, 1.54) is 21.3 Å². The van der Waals surface area contributed by atoms with Gasteiger partial charge in [-0.05, 0) is 23.1 Å². The summed E-state index contributed by atoms with van der Waals surface area (Å²) in [6, 6.07) is 3.51. The number of hydrogen-bond donors (Lipinski definition) is 2. The third-order valence-corrected chi connectivity index (χ3v) is 3.48. The van der Waals surface area contributed by atoms with Crippen LogP contribution in [0.15, 0.2) is 12.1 Å². The number of hydrogen-bond acceptors (Lipinski definition) is 5. The van der Waals surface area contributed by atoms with E-state index in [1.807, 2.05) is 0 Å². The van der Waals surface area contributed by atoms with Crippen molar-refractivity contribution in [2.24, 2.45) is 5.41 Å². The van der Waals surface area contributed by atoms with E-state index < -0.39 is 11.4 Å². The van der Waals surface area contributed by atoms with Crippen LogP contribution in [0.2, 0.25) is 0 Å². The Labute approximate surface area is 141 Å². The summed E-state index contributed by atoms with van der Waals surface area (Å²) in [6.45, 7) is 3.78. The first-order chi connectivity index (χ1) is 11.2. The molecular weight excluding hydrogens is 314 g/mol. The minimum absolute atomic E-state index is 0.0649. The molecule has 1 rings (SSSR count). The fraction of sp³-hybridized carbons (Fsp3) is 0.529. The number of benzene rings is 1. The Balaban J connectivity index is 2.77.